The smallest absolute Gasteiger partial charge is 0.344 e. The van der Waals surface area contributed by atoms with Crippen LogP contribution in [0.25, 0.3) is 99.8 Å². The van der Waals surface area contributed by atoms with Crippen molar-refractivity contribution < 1.29 is 14.3 Å². The maximum Gasteiger partial charge on any atom is 0.344 e. The molecule has 0 aliphatic heterocycles. The molecule has 1 amide bonds. The molecule has 0 atom stereocenters. The number of carbonyl (C=O) groups excluding carboxylic acids is 2. The third-order valence-corrected chi connectivity index (χ3v) is 13.0. The van der Waals surface area contributed by atoms with Gasteiger partial charge in [0.05, 0.1) is 38.0 Å². The highest BCUT2D eigenvalue weighted by Gasteiger charge is 2.26. The van der Waals surface area contributed by atoms with E-state index in [2.05, 4.69) is 20.3 Å². The largest absolute Gasteiger partial charge is 0.459 e. The molecule has 0 saturated heterocycles. The molecule has 0 spiro atoms. The number of amides is 1. The second-order valence-electron chi connectivity index (χ2n) is 16.8. The van der Waals surface area contributed by atoms with Crippen LogP contribution in [0.2, 0.25) is 10.0 Å². The zero-order chi connectivity index (χ0) is 46.6. The Labute approximate surface area is 397 Å². The molecule has 0 radical (unpaired) electrons. The minimum atomic E-state index is -0.661. The quantitative estimate of drug-likeness (QED) is 0.125. The Morgan fingerprint density at radius 2 is 1.37 bits per heavy atom. The van der Waals surface area contributed by atoms with Gasteiger partial charge in [-0.05, 0) is 103 Å². The number of esters is 1. The van der Waals surface area contributed by atoms with Gasteiger partial charge in [-0.1, -0.05) is 77.8 Å². The van der Waals surface area contributed by atoms with Crippen LogP contribution in [0.5, 0.6) is 0 Å². The van der Waals surface area contributed by atoms with Crippen LogP contribution in [0.1, 0.15) is 46.4 Å². The first kappa shape index (κ1) is 42.6. The molecule has 1 aliphatic carbocycles. The number of rotatable bonds is 8. The van der Waals surface area contributed by atoms with Gasteiger partial charge in [-0.3, -0.25) is 24.4 Å². The molecule has 68 heavy (non-hydrogen) atoms. The highest BCUT2D eigenvalue weighted by atomic mass is 35.5. The molecule has 1 fully saturated rings. The molecular formula is C54H37Cl2N7O5. The van der Waals surface area contributed by atoms with E-state index in [0.717, 1.165) is 58.9 Å². The number of fused-ring (bicyclic) bond motifs is 4. The lowest BCUT2D eigenvalue weighted by Crippen LogP contribution is -2.23. The number of ether oxygens (including phenoxy) is 1. The molecule has 4 aromatic carbocycles. The second kappa shape index (κ2) is 17.3. The Morgan fingerprint density at radius 1 is 0.647 bits per heavy atom. The topological polar surface area (TPSA) is 173 Å². The summed E-state index contributed by atoms with van der Waals surface area (Å²) in [5, 5.41) is 6.12. The lowest BCUT2D eigenvalue weighted by atomic mass is 9.91. The first-order valence-corrected chi connectivity index (χ1v) is 22.7. The van der Waals surface area contributed by atoms with E-state index in [0.29, 0.717) is 76.5 Å². The number of hydrogen-bond acceptors (Lipinski definition) is 9. The zero-order valence-corrected chi connectivity index (χ0v) is 37.7. The predicted octanol–water partition coefficient (Wildman–Crippen LogP) is 11.4. The van der Waals surface area contributed by atoms with Crippen LogP contribution in [0.3, 0.4) is 0 Å². The molecule has 0 unspecified atom stereocenters. The number of aromatic amines is 2. The Hall–Kier alpha value is -8.06. The summed E-state index contributed by atoms with van der Waals surface area (Å²) in [6, 6.07) is 37.0. The van der Waals surface area contributed by atoms with Crippen molar-refractivity contribution in [2.75, 3.05) is 7.05 Å². The maximum atomic E-state index is 13.9. The Kier molecular flexibility index (Phi) is 10.8. The SMILES string of the molecule is CNC(=O)c1c(-c2cc(Cl)c3ncc(-c4cccc(-c5nc6[nH]c(=O)c(C(=O)OC7CCCC7)cc6cc5-c5cc(Cl)c6ncccc6c5)c4)cc3c2)c(-c2ccccc2)nc2[nH]c(=O)ccc12. The number of benzene rings is 4. The number of halogens is 2. The molecule has 6 aromatic heterocycles. The summed E-state index contributed by atoms with van der Waals surface area (Å²) >= 11 is 13.9. The molecule has 6 heterocycles. The summed E-state index contributed by atoms with van der Waals surface area (Å²) in [4.78, 5) is 78.2. The molecule has 11 rings (SSSR count). The van der Waals surface area contributed by atoms with E-state index < -0.39 is 11.5 Å². The van der Waals surface area contributed by atoms with E-state index in [1.807, 2.05) is 97.1 Å². The van der Waals surface area contributed by atoms with Gasteiger partial charge in [-0.15, -0.1) is 0 Å². The highest BCUT2D eigenvalue weighted by Crippen LogP contribution is 2.42. The fourth-order valence-corrected chi connectivity index (χ4v) is 9.78. The van der Waals surface area contributed by atoms with Crippen LogP contribution in [0.15, 0.2) is 143 Å². The van der Waals surface area contributed by atoms with Gasteiger partial charge in [0.2, 0.25) is 5.56 Å². The minimum Gasteiger partial charge on any atom is -0.459 e. The Balaban J connectivity index is 1.06. The van der Waals surface area contributed by atoms with Crippen molar-refractivity contribution in [3.05, 3.63) is 176 Å². The van der Waals surface area contributed by atoms with E-state index in [4.69, 9.17) is 42.9 Å². The average molecular weight is 935 g/mol. The van der Waals surface area contributed by atoms with E-state index in [1.165, 1.54) is 6.07 Å². The third kappa shape index (κ3) is 7.72. The molecule has 1 saturated carbocycles. The number of nitrogens with one attached hydrogen (secondary N) is 3. The van der Waals surface area contributed by atoms with Gasteiger partial charge in [0.25, 0.3) is 11.5 Å². The predicted molar refractivity (Wildman–Crippen MR) is 267 cm³/mol. The van der Waals surface area contributed by atoms with Crippen molar-refractivity contribution in [3.8, 4) is 55.9 Å². The summed E-state index contributed by atoms with van der Waals surface area (Å²) in [6.07, 6.45) is 6.73. The van der Waals surface area contributed by atoms with Crippen LogP contribution >= 0.6 is 23.2 Å². The van der Waals surface area contributed by atoms with Crippen LogP contribution in [0.4, 0.5) is 0 Å². The second-order valence-corrected chi connectivity index (χ2v) is 17.6. The van der Waals surface area contributed by atoms with Gasteiger partial charge in [0, 0.05) is 74.9 Å². The van der Waals surface area contributed by atoms with Crippen LogP contribution < -0.4 is 16.4 Å². The van der Waals surface area contributed by atoms with Crippen molar-refractivity contribution in [3.63, 3.8) is 0 Å². The van der Waals surface area contributed by atoms with Gasteiger partial charge < -0.3 is 20.0 Å². The van der Waals surface area contributed by atoms with Gasteiger partial charge in [-0.25, -0.2) is 14.8 Å². The number of aromatic nitrogens is 6. The normalized spacial score (nSPS) is 12.9. The van der Waals surface area contributed by atoms with E-state index in [-0.39, 0.29) is 28.8 Å². The van der Waals surface area contributed by atoms with Crippen molar-refractivity contribution in [2.45, 2.75) is 31.8 Å². The van der Waals surface area contributed by atoms with Crippen LogP contribution in [-0.4, -0.2) is 54.9 Å². The monoisotopic (exact) mass is 933 g/mol. The van der Waals surface area contributed by atoms with Crippen LogP contribution in [-0.2, 0) is 4.74 Å². The lowest BCUT2D eigenvalue weighted by molar-refractivity contribution is 0.0316. The van der Waals surface area contributed by atoms with E-state index in [1.54, 1.807) is 37.6 Å². The maximum absolute atomic E-state index is 13.9. The first-order valence-electron chi connectivity index (χ1n) is 22.0. The molecule has 12 nitrogen and oxygen atoms in total. The molecule has 10 aromatic rings. The fraction of sp³-hybridized carbons (Fsp3) is 0.111. The molecule has 0 bridgehead atoms. The molecule has 3 N–H and O–H groups in total. The Morgan fingerprint density at radius 3 is 2.18 bits per heavy atom. The van der Waals surface area contributed by atoms with Gasteiger partial charge in [0.1, 0.15) is 23.0 Å². The number of hydrogen-bond donors (Lipinski definition) is 3. The van der Waals surface area contributed by atoms with E-state index >= 15 is 0 Å². The fourth-order valence-electron chi connectivity index (χ4n) is 9.23. The number of nitrogens with zero attached hydrogens (tertiary/aromatic N) is 4. The van der Waals surface area contributed by atoms with Crippen molar-refractivity contribution >= 4 is 79.0 Å². The van der Waals surface area contributed by atoms with Gasteiger partial charge in [-0.2, -0.15) is 0 Å². The average Bonchev–Trinajstić information content (AvgIpc) is 3.88. The van der Waals surface area contributed by atoms with Crippen molar-refractivity contribution in [1.82, 2.24) is 35.2 Å². The number of carbonyl (C=O) groups is 2. The van der Waals surface area contributed by atoms with Gasteiger partial charge >= 0.3 is 5.97 Å². The standard InChI is InChI=1S/C54H37Cl2N7O5/c1-57-53(66)45-38-16-17-43(64)60-51(38)62-49(28-9-3-2-4-10-28)44(45)33-21-34-22-36(27-59-48(34)42(56)26-33)29-11-7-12-30(19-29)46-39(32-20-31-13-8-18-58-47(31)41(55)25-32)23-35-24-40(52(65)63-50(35)61-46)54(67)68-37-14-5-6-15-37/h2-4,7-13,16-27,37H,5-6,14-15H2,1H3,(H,57,66)(H,60,62,64)(H,61,63,65). The van der Waals surface area contributed by atoms with Crippen LogP contribution in [0, 0.1) is 0 Å². The van der Waals surface area contributed by atoms with Crippen molar-refractivity contribution in [2.24, 2.45) is 0 Å². The first-order chi connectivity index (χ1) is 33.1. The summed E-state index contributed by atoms with van der Waals surface area (Å²) in [6.45, 7) is 0. The summed E-state index contributed by atoms with van der Waals surface area (Å²) in [5.74, 6) is -1.03. The third-order valence-electron chi connectivity index (χ3n) is 12.5. The lowest BCUT2D eigenvalue weighted by Gasteiger charge is -2.18. The van der Waals surface area contributed by atoms with Crippen molar-refractivity contribution in [1.29, 1.82) is 0 Å². The molecular weight excluding hydrogens is 898 g/mol. The minimum absolute atomic E-state index is 0.0888. The Bertz CT molecular complexity index is 3850. The highest BCUT2D eigenvalue weighted by molar-refractivity contribution is 6.36. The summed E-state index contributed by atoms with van der Waals surface area (Å²) in [7, 11) is 1.56. The number of pyridine rings is 6. The summed E-state index contributed by atoms with van der Waals surface area (Å²) < 4.78 is 5.73. The molecule has 332 valence electrons. The molecule has 1 aliphatic rings. The number of H-pyrrole nitrogens is 2. The zero-order valence-electron chi connectivity index (χ0n) is 36.2. The molecule has 14 heteroatoms. The van der Waals surface area contributed by atoms with E-state index in [9.17, 15) is 19.2 Å². The van der Waals surface area contributed by atoms with Gasteiger partial charge in [0.15, 0.2) is 0 Å². The summed E-state index contributed by atoms with van der Waals surface area (Å²) in [5.41, 5.74) is 7.71.